The molecular weight excluding hydrogens is 260 g/mol. The fourth-order valence-electron chi connectivity index (χ4n) is 2.76. The largest absolute Gasteiger partial charge is 0.328 e. The van der Waals surface area contributed by atoms with Gasteiger partial charge in [-0.15, -0.1) is 0 Å². The number of rotatable bonds is 2. The second kappa shape index (κ2) is 5.23. The van der Waals surface area contributed by atoms with Crippen LogP contribution in [0.4, 0.5) is 0 Å². The van der Waals surface area contributed by atoms with Crippen molar-refractivity contribution in [3.63, 3.8) is 0 Å². The van der Waals surface area contributed by atoms with Gasteiger partial charge in [0.25, 0.3) is 0 Å². The topological polar surface area (TPSA) is 63.4 Å². The maximum atomic E-state index is 12.7. The average Bonchev–Trinajstić information content (AvgIpc) is 2.26. The molecule has 0 spiro atoms. The van der Waals surface area contributed by atoms with Crippen LogP contribution in [0.3, 0.4) is 0 Å². The molecule has 1 saturated heterocycles. The number of nitrogens with two attached hydrogens (primary N) is 1. The number of hydrogen-bond donors (Lipinski definition) is 1. The summed E-state index contributed by atoms with van der Waals surface area (Å²) in [6, 6.07) is 5.54. The van der Waals surface area contributed by atoms with Crippen LogP contribution in [0.1, 0.15) is 30.9 Å². The summed E-state index contributed by atoms with van der Waals surface area (Å²) in [5.74, 6) is 0. The second-order valence-corrected chi connectivity index (χ2v) is 7.46. The lowest BCUT2D eigenvalue weighted by atomic mass is 10.0. The summed E-state index contributed by atoms with van der Waals surface area (Å²) in [6.07, 6.45) is 1.46. The van der Waals surface area contributed by atoms with Gasteiger partial charge in [-0.25, -0.2) is 8.42 Å². The molecule has 1 aromatic rings. The molecular formula is C14H22N2O2S. The third-order valence-corrected chi connectivity index (χ3v) is 5.65. The zero-order valence-corrected chi connectivity index (χ0v) is 12.6. The first kappa shape index (κ1) is 14.5. The fourth-order valence-corrected chi connectivity index (χ4v) is 4.61. The summed E-state index contributed by atoms with van der Waals surface area (Å²) in [4.78, 5) is 0.396. The van der Waals surface area contributed by atoms with E-state index in [9.17, 15) is 8.42 Å². The van der Waals surface area contributed by atoms with Crippen LogP contribution in [0.2, 0.25) is 0 Å². The summed E-state index contributed by atoms with van der Waals surface area (Å²) < 4.78 is 27.0. The number of hydrogen-bond acceptors (Lipinski definition) is 3. The van der Waals surface area contributed by atoms with Crippen molar-refractivity contribution in [1.82, 2.24) is 4.31 Å². The molecule has 1 heterocycles. The van der Waals surface area contributed by atoms with Crippen LogP contribution in [0, 0.1) is 13.8 Å². The molecule has 0 bridgehead atoms. The molecule has 2 N–H and O–H groups in total. The highest BCUT2D eigenvalue weighted by molar-refractivity contribution is 7.89. The Morgan fingerprint density at radius 2 is 1.79 bits per heavy atom. The van der Waals surface area contributed by atoms with Crippen molar-refractivity contribution in [3.05, 3.63) is 29.3 Å². The van der Waals surface area contributed by atoms with Gasteiger partial charge in [0.1, 0.15) is 0 Å². The van der Waals surface area contributed by atoms with Gasteiger partial charge in [0.15, 0.2) is 0 Å². The van der Waals surface area contributed by atoms with Gasteiger partial charge in [-0.2, -0.15) is 4.31 Å². The third-order valence-electron chi connectivity index (χ3n) is 3.66. The van der Waals surface area contributed by atoms with Gasteiger partial charge in [0, 0.05) is 18.6 Å². The monoisotopic (exact) mass is 282 g/mol. The predicted molar refractivity (Wildman–Crippen MR) is 76.5 cm³/mol. The van der Waals surface area contributed by atoms with Gasteiger partial charge in [-0.1, -0.05) is 6.07 Å². The van der Waals surface area contributed by atoms with Crippen LogP contribution in [0.15, 0.2) is 23.1 Å². The van der Waals surface area contributed by atoms with Gasteiger partial charge < -0.3 is 5.73 Å². The first-order chi connectivity index (χ1) is 8.80. The third kappa shape index (κ3) is 2.99. The maximum Gasteiger partial charge on any atom is 0.243 e. The molecule has 2 unspecified atom stereocenters. The molecule has 1 aliphatic rings. The lowest BCUT2D eigenvalue weighted by Crippen LogP contribution is -2.48. The predicted octanol–water partition coefficient (Wildman–Crippen LogP) is 1.80. The van der Waals surface area contributed by atoms with Crippen molar-refractivity contribution >= 4 is 10.0 Å². The van der Waals surface area contributed by atoms with Crippen LogP contribution in [0.25, 0.3) is 0 Å². The molecule has 4 nitrogen and oxygen atoms in total. The SMILES string of the molecule is Cc1cc(C)cc(S(=O)(=O)N2CCC(N)CC2C)c1. The molecule has 2 rings (SSSR count). The molecule has 106 valence electrons. The van der Waals surface area contributed by atoms with E-state index in [1.807, 2.05) is 26.8 Å². The number of benzene rings is 1. The van der Waals surface area contributed by atoms with Gasteiger partial charge in [-0.05, 0) is 56.9 Å². The van der Waals surface area contributed by atoms with E-state index >= 15 is 0 Å². The summed E-state index contributed by atoms with van der Waals surface area (Å²) in [7, 11) is -3.40. The smallest absolute Gasteiger partial charge is 0.243 e. The lowest BCUT2D eigenvalue weighted by molar-refractivity contribution is 0.247. The van der Waals surface area contributed by atoms with Crippen molar-refractivity contribution in [2.75, 3.05) is 6.54 Å². The zero-order chi connectivity index (χ0) is 14.2. The Kier molecular flexibility index (Phi) is 3.99. The molecule has 0 saturated carbocycles. The molecule has 2 atom stereocenters. The highest BCUT2D eigenvalue weighted by Gasteiger charge is 2.33. The molecule has 0 radical (unpaired) electrons. The zero-order valence-electron chi connectivity index (χ0n) is 11.8. The Hall–Kier alpha value is -0.910. The highest BCUT2D eigenvalue weighted by atomic mass is 32.2. The van der Waals surface area contributed by atoms with E-state index in [2.05, 4.69) is 0 Å². The Morgan fingerprint density at radius 3 is 2.32 bits per heavy atom. The molecule has 1 aliphatic heterocycles. The van der Waals surface area contributed by atoms with Crippen molar-refractivity contribution in [2.24, 2.45) is 5.73 Å². The van der Waals surface area contributed by atoms with E-state index in [1.54, 1.807) is 16.4 Å². The van der Waals surface area contributed by atoms with Gasteiger partial charge in [-0.3, -0.25) is 0 Å². The highest BCUT2D eigenvalue weighted by Crippen LogP contribution is 2.25. The molecule has 1 fully saturated rings. The van der Waals surface area contributed by atoms with Crippen LogP contribution in [-0.2, 0) is 10.0 Å². The Morgan fingerprint density at radius 1 is 1.21 bits per heavy atom. The first-order valence-electron chi connectivity index (χ1n) is 6.66. The van der Waals surface area contributed by atoms with E-state index in [1.165, 1.54) is 0 Å². The fraction of sp³-hybridized carbons (Fsp3) is 0.571. The molecule has 0 aromatic heterocycles. The molecule has 0 aliphatic carbocycles. The lowest BCUT2D eigenvalue weighted by Gasteiger charge is -2.35. The summed E-state index contributed by atoms with van der Waals surface area (Å²) in [5.41, 5.74) is 7.84. The average molecular weight is 282 g/mol. The van der Waals surface area contributed by atoms with Crippen molar-refractivity contribution in [3.8, 4) is 0 Å². The Labute approximate surface area is 115 Å². The summed E-state index contributed by atoms with van der Waals surface area (Å²) >= 11 is 0. The number of nitrogens with zero attached hydrogens (tertiary/aromatic N) is 1. The van der Waals surface area contributed by atoms with Crippen LogP contribution in [0.5, 0.6) is 0 Å². The normalized spacial score (nSPS) is 25.5. The van der Waals surface area contributed by atoms with Crippen molar-refractivity contribution in [2.45, 2.75) is 50.6 Å². The standard InChI is InChI=1S/C14H22N2O2S/c1-10-6-11(2)8-14(7-10)19(17,18)16-5-4-13(15)9-12(16)3/h6-8,12-13H,4-5,9,15H2,1-3H3. The van der Waals surface area contributed by atoms with Crippen LogP contribution >= 0.6 is 0 Å². The maximum absolute atomic E-state index is 12.7. The van der Waals surface area contributed by atoms with Gasteiger partial charge in [0.2, 0.25) is 10.0 Å². The molecule has 0 amide bonds. The van der Waals surface area contributed by atoms with E-state index in [0.29, 0.717) is 11.4 Å². The number of piperidine rings is 1. The number of sulfonamides is 1. The molecule has 19 heavy (non-hydrogen) atoms. The van der Waals surface area contributed by atoms with Gasteiger partial charge in [0.05, 0.1) is 4.90 Å². The van der Waals surface area contributed by atoms with Crippen molar-refractivity contribution < 1.29 is 8.42 Å². The minimum Gasteiger partial charge on any atom is -0.328 e. The second-order valence-electron chi connectivity index (χ2n) is 5.57. The van der Waals surface area contributed by atoms with Gasteiger partial charge >= 0.3 is 0 Å². The Balaban J connectivity index is 2.36. The number of aryl methyl sites for hydroxylation is 2. The minimum atomic E-state index is -3.40. The van der Waals surface area contributed by atoms with E-state index in [4.69, 9.17) is 5.73 Å². The first-order valence-corrected chi connectivity index (χ1v) is 8.10. The molecule has 5 heteroatoms. The van der Waals surface area contributed by atoms with E-state index in [-0.39, 0.29) is 12.1 Å². The summed E-state index contributed by atoms with van der Waals surface area (Å²) in [6.45, 7) is 6.28. The van der Waals surface area contributed by atoms with Crippen LogP contribution in [-0.4, -0.2) is 31.4 Å². The van der Waals surface area contributed by atoms with E-state index in [0.717, 1.165) is 24.0 Å². The minimum absolute atomic E-state index is 0.0328. The quantitative estimate of drug-likeness (QED) is 0.899. The Bertz CT molecular complexity index is 549. The van der Waals surface area contributed by atoms with Crippen LogP contribution < -0.4 is 5.73 Å². The van der Waals surface area contributed by atoms with E-state index < -0.39 is 10.0 Å². The summed E-state index contributed by atoms with van der Waals surface area (Å²) in [5, 5.41) is 0. The molecule has 1 aromatic carbocycles. The van der Waals surface area contributed by atoms with Crippen molar-refractivity contribution in [1.29, 1.82) is 0 Å².